The predicted octanol–water partition coefficient (Wildman–Crippen LogP) is 3.43. The van der Waals surface area contributed by atoms with Crippen LogP contribution < -0.4 is 10.6 Å². The molecule has 2 aromatic rings. The molecule has 0 spiro atoms. The van der Waals surface area contributed by atoms with Crippen LogP contribution in [0.2, 0.25) is 0 Å². The lowest BCUT2D eigenvalue weighted by atomic mass is 10.1. The van der Waals surface area contributed by atoms with E-state index in [9.17, 15) is 9.59 Å². The van der Waals surface area contributed by atoms with E-state index in [1.165, 1.54) is 17.3 Å². The molecule has 0 unspecified atom stereocenters. The minimum absolute atomic E-state index is 0.0622. The number of amides is 2. The van der Waals surface area contributed by atoms with E-state index in [4.69, 9.17) is 0 Å². The molecule has 0 radical (unpaired) electrons. The van der Waals surface area contributed by atoms with Gasteiger partial charge in [0, 0.05) is 18.8 Å². The van der Waals surface area contributed by atoms with Gasteiger partial charge in [-0.3, -0.25) is 9.59 Å². The summed E-state index contributed by atoms with van der Waals surface area (Å²) >= 11 is 1.33. The maximum Gasteiger partial charge on any atom is 0.234 e. The molecule has 2 amide bonds. The molecule has 1 atom stereocenters. The third-order valence-corrected chi connectivity index (χ3v) is 5.37. The highest BCUT2D eigenvalue weighted by atomic mass is 32.2. The molecule has 28 heavy (non-hydrogen) atoms. The van der Waals surface area contributed by atoms with Gasteiger partial charge < -0.3 is 15.5 Å². The number of anilines is 1. The Bertz CT molecular complexity index is 791. The Hall–Kier alpha value is -2.31. The molecule has 0 aliphatic heterocycles. The Labute approximate surface area is 171 Å². The number of carbonyl (C=O) groups excluding carboxylic acids is 2. The van der Waals surface area contributed by atoms with Crippen molar-refractivity contribution in [3.63, 3.8) is 0 Å². The van der Waals surface area contributed by atoms with Crippen LogP contribution in [0.1, 0.15) is 23.6 Å². The lowest BCUT2D eigenvalue weighted by molar-refractivity contribution is -0.120. The summed E-state index contributed by atoms with van der Waals surface area (Å²) in [6, 6.07) is 15.8. The maximum absolute atomic E-state index is 12.4. The fourth-order valence-corrected chi connectivity index (χ4v) is 3.37. The van der Waals surface area contributed by atoms with E-state index in [2.05, 4.69) is 21.6 Å². The van der Waals surface area contributed by atoms with Gasteiger partial charge in [-0.15, -0.1) is 11.8 Å². The quantitative estimate of drug-likeness (QED) is 0.678. The zero-order valence-electron chi connectivity index (χ0n) is 17.0. The highest BCUT2D eigenvalue weighted by Crippen LogP contribution is 2.14. The number of nitrogens with zero attached hydrogens (tertiary/aromatic N) is 1. The van der Waals surface area contributed by atoms with Crippen LogP contribution in [-0.4, -0.2) is 41.8 Å². The number of hydrogen-bond donors (Lipinski definition) is 2. The number of rotatable bonds is 9. The minimum atomic E-state index is -0.301. The molecule has 0 saturated heterocycles. The van der Waals surface area contributed by atoms with E-state index in [0.29, 0.717) is 6.54 Å². The van der Waals surface area contributed by atoms with Crippen LogP contribution in [-0.2, 0) is 22.7 Å². The van der Waals surface area contributed by atoms with Crippen molar-refractivity contribution in [2.75, 3.05) is 25.2 Å². The Kier molecular flexibility index (Phi) is 8.54. The topological polar surface area (TPSA) is 61.4 Å². The Balaban J connectivity index is 1.78. The third-order valence-electron chi connectivity index (χ3n) is 4.23. The highest BCUT2D eigenvalue weighted by molar-refractivity contribution is 8.01. The average molecular weight is 400 g/mol. The summed E-state index contributed by atoms with van der Waals surface area (Å²) in [4.78, 5) is 26.6. The van der Waals surface area contributed by atoms with E-state index in [1.54, 1.807) is 0 Å². The van der Waals surface area contributed by atoms with Crippen molar-refractivity contribution >= 4 is 29.3 Å². The van der Waals surface area contributed by atoms with Gasteiger partial charge in [0.05, 0.1) is 11.0 Å². The molecule has 6 heteroatoms. The summed E-state index contributed by atoms with van der Waals surface area (Å²) in [5.41, 5.74) is 4.22. The Morgan fingerprint density at radius 2 is 1.68 bits per heavy atom. The molecule has 5 nitrogen and oxygen atoms in total. The molecule has 2 rings (SSSR count). The highest BCUT2D eigenvalue weighted by Gasteiger charge is 2.15. The number of hydrogen-bond acceptors (Lipinski definition) is 4. The van der Waals surface area contributed by atoms with Crippen molar-refractivity contribution in [2.45, 2.75) is 32.2 Å². The van der Waals surface area contributed by atoms with Crippen molar-refractivity contribution in [1.29, 1.82) is 0 Å². The first-order chi connectivity index (χ1) is 13.3. The molecule has 0 bridgehead atoms. The summed E-state index contributed by atoms with van der Waals surface area (Å²) in [5, 5.41) is 5.53. The summed E-state index contributed by atoms with van der Waals surface area (Å²) < 4.78 is 0. The summed E-state index contributed by atoms with van der Waals surface area (Å²) in [7, 11) is 4.05. The van der Waals surface area contributed by atoms with Crippen molar-refractivity contribution in [1.82, 2.24) is 10.2 Å². The van der Waals surface area contributed by atoms with Gasteiger partial charge >= 0.3 is 0 Å². The van der Waals surface area contributed by atoms with E-state index in [1.807, 2.05) is 70.4 Å². The van der Waals surface area contributed by atoms with Gasteiger partial charge in [0.2, 0.25) is 11.8 Å². The minimum Gasteiger partial charge on any atom is -0.351 e. The van der Waals surface area contributed by atoms with Crippen molar-refractivity contribution in [3.05, 3.63) is 65.2 Å². The van der Waals surface area contributed by atoms with Gasteiger partial charge in [0.15, 0.2) is 0 Å². The van der Waals surface area contributed by atoms with Crippen LogP contribution >= 0.6 is 11.8 Å². The maximum atomic E-state index is 12.4. The van der Waals surface area contributed by atoms with Crippen LogP contribution in [0, 0.1) is 6.92 Å². The lowest BCUT2D eigenvalue weighted by Gasteiger charge is -2.16. The van der Waals surface area contributed by atoms with Crippen LogP contribution in [0.5, 0.6) is 0 Å². The largest absolute Gasteiger partial charge is 0.351 e. The van der Waals surface area contributed by atoms with Gasteiger partial charge in [-0.2, -0.15) is 0 Å². The smallest absolute Gasteiger partial charge is 0.234 e. The second kappa shape index (κ2) is 10.9. The number of nitrogens with one attached hydrogen (secondary N) is 2. The van der Waals surface area contributed by atoms with Crippen LogP contribution in [0.25, 0.3) is 0 Å². The molecule has 2 aromatic carbocycles. The first-order valence-electron chi connectivity index (χ1n) is 9.32. The van der Waals surface area contributed by atoms with Gasteiger partial charge in [-0.05, 0) is 51.2 Å². The molecular formula is C22H29N3O2S. The van der Waals surface area contributed by atoms with E-state index < -0.39 is 0 Å². The van der Waals surface area contributed by atoms with E-state index in [-0.39, 0.29) is 22.8 Å². The summed E-state index contributed by atoms with van der Waals surface area (Å²) in [6.45, 7) is 5.14. The van der Waals surface area contributed by atoms with Crippen LogP contribution in [0.15, 0.2) is 48.5 Å². The van der Waals surface area contributed by atoms with Gasteiger partial charge in [0.25, 0.3) is 0 Å². The first-order valence-corrected chi connectivity index (χ1v) is 10.4. The SMILES string of the molecule is Cc1ccc(NC(=O)CS[C@H](C)C(=O)NCc2ccccc2CN(C)C)cc1. The number of aryl methyl sites for hydroxylation is 1. The summed E-state index contributed by atoms with van der Waals surface area (Å²) in [6.07, 6.45) is 0. The monoisotopic (exact) mass is 399 g/mol. The molecular weight excluding hydrogens is 370 g/mol. The third kappa shape index (κ3) is 7.37. The van der Waals surface area contributed by atoms with Gasteiger partial charge in [0.1, 0.15) is 0 Å². The van der Waals surface area contributed by atoms with Crippen LogP contribution in [0.4, 0.5) is 5.69 Å². The second-order valence-corrected chi connectivity index (χ2v) is 8.42. The summed E-state index contributed by atoms with van der Waals surface area (Å²) in [5.74, 6) is 0.0669. The predicted molar refractivity (Wildman–Crippen MR) is 117 cm³/mol. The lowest BCUT2D eigenvalue weighted by Crippen LogP contribution is -2.32. The molecule has 0 aliphatic rings. The second-order valence-electron chi connectivity index (χ2n) is 7.09. The van der Waals surface area contributed by atoms with E-state index >= 15 is 0 Å². The van der Waals surface area contributed by atoms with Gasteiger partial charge in [-0.1, -0.05) is 42.0 Å². The van der Waals surface area contributed by atoms with E-state index in [0.717, 1.165) is 23.4 Å². The van der Waals surface area contributed by atoms with Crippen molar-refractivity contribution < 1.29 is 9.59 Å². The van der Waals surface area contributed by atoms with Gasteiger partial charge in [-0.25, -0.2) is 0 Å². The number of carbonyl (C=O) groups is 2. The molecule has 0 aliphatic carbocycles. The fourth-order valence-electron chi connectivity index (χ4n) is 2.66. The molecule has 0 heterocycles. The molecule has 150 valence electrons. The van der Waals surface area contributed by atoms with Crippen LogP contribution in [0.3, 0.4) is 0 Å². The number of benzene rings is 2. The standard InChI is InChI=1S/C22H29N3O2S/c1-16-9-11-20(12-10-16)24-21(26)15-28-17(2)22(27)23-13-18-7-5-6-8-19(18)14-25(3)4/h5-12,17H,13-15H2,1-4H3,(H,23,27)(H,24,26)/t17-/m1/s1. The average Bonchev–Trinajstić information content (AvgIpc) is 2.66. The zero-order valence-corrected chi connectivity index (χ0v) is 17.8. The molecule has 0 aromatic heterocycles. The first kappa shape index (κ1) is 22.0. The molecule has 0 saturated carbocycles. The molecule has 2 N–H and O–H groups in total. The molecule has 0 fully saturated rings. The zero-order chi connectivity index (χ0) is 20.5. The fraction of sp³-hybridized carbons (Fsp3) is 0.364. The van der Waals surface area contributed by atoms with Crippen molar-refractivity contribution in [3.8, 4) is 0 Å². The Morgan fingerprint density at radius 3 is 2.32 bits per heavy atom. The number of thioether (sulfide) groups is 1. The normalized spacial score (nSPS) is 11.9. The van der Waals surface area contributed by atoms with Crippen molar-refractivity contribution in [2.24, 2.45) is 0 Å². The Morgan fingerprint density at radius 1 is 1.04 bits per heavy atom.